The van der Waals surface area contributed by atoms with E-state index in [0.29, 0.717) is 16.4 Å². The summed E-state index contributed by atoms with van der Waals surface area (Å²) in [6.07, 6.45) is 0. The van der Waals surface area contributed by atoms with Crippen LogP contribution in [0.5, 0.6) is 0 Å². The third-order valence-corrected chi connectivity index (χ3v) is 4.15. The van der Waals surface area contributed by atoms with Crippen LogP contribution in [0.1, 0.15) is 0 Å². The van der Waals surface area contributed by atoms with Crippen LogP contribution in [0.25, 0.3) is 0 Å². The minimum absolute atomic E-state index is 0.0394. The van der Waals surface area contributed by atoms with E-state index in [9.17, 15) is 9.18 Å². The standard InChI is InChI=1S/C14H11Cl2FN2OS/c15-8-1-4-13(12(18)5-8)21-7-14(20)19-9-2-3-11(17)10(16)6-9/h1-6H,7,18H2,(H,19,20). The predicted octanol–water partition coefficient (Wildman–Crippen LogP) is 4.45. The maximum atomic E-state index is 13.0. The maximum absolute atomic E-state index is 13.0. The molecule has 2 aromatic rings. The summed E-state index contributed by atoms with van der Waals surface area (Å²) in [6.45, 7) is 0. The van der Waals surface area contributed by atoms with Crippen LogP contribution >= 0.6 is 35.0 Å². The molecule has 110 valence electrons. The lowest BCUT2D eigenvalue weighted by atomic mass is 10.3. The van der Waals surface area contributed by atoms with Crippen LogP contribution in [-0.2, 0) is 4.79 Å². The van der Waals surface area contributed by atoms with Gasteiger partial charge in [0.2, 0.25) is 5.91 Å². The molecule has 0 aliphatic carbocycles. The predicted molar refractivity (Wildman–Crippen MR) is 86.6 cm³/mol. The van der Waals surface area contributed by atoms with Crippen molar-refractivity contribution < 1.29 is 9.18 Å². The molecule has 0 atom stereocenters. The number of nitrogens with two attached hydrogens (primary N) is 1. The molecule has 0 aliphatic heterocycles. The van der Waals surface area contributed by atoms with Gasteiger partial charge < -0.3 is 11.1 Å². The van der Waals surface area contributed by atoms with E-state index in [1.807, 2.05) is 0 Å². The monoisotopic (exact) mass is 344 g/mol. The summed E-state index contributed by atoms with van der Waals surface area (Å²) in [6, 6.07) is 9.09. The third-order valence-electron chi connectivity index (χ3n) is 2.53. The van der Waals surface area contributed by atoms with Gasteiger partial charge in [0.25, 0.3) is 0 Å². The van der Waals surface area contributed by atoms with Crippen LogP contribution in [0.2, 0.25) is 10.0 Å². The van der Waals surface area contributed by atoms with E-state index >= 15 is 0 Å². The van der Waals surface area contributed by atoms with Gasteiger partial charge in [0.1, 0.15) is 5.82 Å². The molecule has 0 spiro atoms. The topological polar surface area (TPSA) is 55.1 Å². The van der Waals surface area contributed by atoms with Gasteiger partial charge >= 0.3 is 0 Å². The minimum Gasteiger partial charge on any atom is -0.398 e. The van der Waals surface area contributed by atoms with Crippen molar-refractivity contribution in [2.45, 2.75) is 4.90 Å². The number of carbonyl (C=O) groups excluding carboxylic acids is 1. The van der Waals surface area contributed by atoms with Crippen LogP contribution in [0.15, 0.2) is 41.3 Å². The average Bonchev–Trinajstić information content (AvgIpc) is 2.42. The van der Waals surface area contributed by atoms with E-state index in [1.165, 1.54) is 30.0 Å². The molecular formula is C14H11Cl2FN2OS. The molecule has 0 saturated carbocycles. The molecule has 2 rings (SSSR count). The van der Waals surface area contributed by atoms with Crippen LogP contribution in [0, 0.1) is 5.82 Å². The lowest BCUT2D eigenvalue weighted by Crippen LogP contribution is -2.14. The molecule has 0 fully saturated rings. The van der Waals surface area contributed by atoms with Gasteiger partial charge in [-0.25, -0.2) is 4.39 Å². The quantitative estimate of drug-likeness (QED) is 0.636. The Hall–Kier alpha value is -1.43. The molecule has 0 heterocycles. The summed E-state index contributed by atoms with van der Waals surface area (Å²) >= 11 is 12.7. The summed E-state index contributed by atoms with van der Waals surface area (Å²) in [5, 5.41) is 3.14. The van der Waals surface area contributed by atoms with Gasteiger partial charge in [-0.05, 0) is 36.4 Å². The number of benzene rings is 2. The molecule has 21 heavy (non-hydrogen) atoms. The molecule has 3 nitrogen and oxygen atoms in total. The van der Waals surface area contributed by atoms with Crippen molar-refractivity contribution in [1.29, 1.82) is 0 Å². The van der Waals surface area contributed by atoms with Crippen molar-refractivity contribution in [1.82, 2.24) is 0 Å². The Bertz CT molecular complexity index is 682. The fraction of sp³-hybridized carbons (Fsp3) is 0.0714. The Labute approximate surface area is 135 Å². The van der Waals surface area contributed by atoms with Gasteiger partial charge in [0.15, 0.2) is 0 Å². The molecule has 7 heteroatoms. The zero-order chi connectivity index (χ0) is 15.4. The molecule has 0 aromatic heterocycles. The highest BCUT2D eigenvalue weighted by atomic mass is 35.5. The maximum Gasteiger partial charge on any atom is 0.234 e. The number of halogens is 3. The van der Waals surface area contributed by atoms with Crippen molar-refractivity contribution in [2.75, 3.05) is 16.8 Å². The number of anilines is 2. The first-order valence-electron chi connectivity index (χ1n) is 5.88. The molecule has 1 amide bonds. The Morgan fingerprint density at radius 1 is 1.24 bits per heavy atom. The number of rotatable bonds is 4. The normalized spacial score (nSPS) is 10.4. The molecule has 0 unspecified atom stereocenters. The first-order chi connectivity index (χ1) is 9.95. The van der Waals surface area contributed by atoms with Gasteiger partial charge in [-0.3, -0.25) is 4.79 Å². The number of nitrogen functional groups attached to an aromatic ring is 1. The first kappa shape index (κ1) is 15.9. The number of thioether (sulfide) groups is 1. The zero-order valence-electron chi connectivity index (χ0n) is 10.7. The largest absolute Gasteiger partial charge is 0.398 e. The molecule has 0 bridgehead atoms. The number of carbonyl (C=O) groups is 1. The van der Waals surface area contributed by atoms with Crippen molar-refractivity contribution >= 4 is 52.2 Å². The third kappa shape index (κ3) is 4.52. The molecule has 0 radical (unpaired) electrons. The van der Waals surface area contributed by atoms with Gasteiger partial charge in [-0.1, -0.05) is 23.2 Å². The van der Waals surface area contributed by atoms with Crippen molar-refractivity contribution in [2.24, 2.45) is 0 Å². The highest BCUT2D eigenvalue weighted by Crippen LogP contribution is 2.28. The SMILES string of the molecule is Nc1cc(Cl)ccc1SCC(=O)Nc1ccc(F)c(Cl)c1. The lowest BCUT2D eigenvalue weighted by Gasteiger charge is -2.07. The van der Waals surface area contributed by atoms with Crippen LogP contribution in [0.4, 0.5) is 15.8 Å². The number of hydrogen-bond acceptors (Lipinski definition) is 3. The fourth-order valence-electron chi connectivity index (χ4n) is 1.57. The highest BCUT2D eigenvalue weighted by Gasteiger charge is 2.08. The van der Waals surface area contributed by atoms with E-state index < -0.39 is 5.82 Å². The Balaban J connectivity index is 1.94. The van der Waals surface area contributed by atoms with Crippen LogP contribution < -0.4 is 11.1 Å². The summed E-state index contributed by atoms with van der Waals surface area (Å²) in [4.78, 5) is 12.6. The molecular weight excluding hydrogens is 334 g/mol. The number of hydrogen-bond donors (Lipinski definition) is 2. The number of amides is 1. The van der Waals surface area contributed by atoms with Crippen LogP contribution in [-0.4, -0.2) is 11.7 Å². The Kier molecular flexibility index (Phi) is 5.33. The van der Waals surface area contributed by atoms with E-state index in [2.05, 4.69) is 5.32 Å². The van der Waals surface area contributed by atoms with E-state index in [1.54, 1.807) is 18.2 Å². The minimum atomic E-state index is -0.530. The average molecular weight is 345 g/mol. The molecule has 0 aliphatic rings. The first-order valence-corrected chi connectivity index (χ1v) is 7.62. The van der Waals surface area contributed by atoms with Crippen molar-refractivity contribution in [3.63, 3.8) is 0 Å². The Morgan fingerprint density at radius 3 is 2.67 bits per heavy atom. The molecule has 0 saturated heterocycles. The molecule has 2 aromatic carbocycles. The number of nitrogens with one attached hydrogen (secondary N) is 1. The van der Waals surface area contributed by atoms with Crippen molar-refractivity contribution in [3.8, 4) is 0 Å². The summed E-state index contributed by atoms with van der Waals surface area (Å²) < 4.78 is 13.0. The van der Waals surface area contributed by atoms with Gasteiger partial charge in [-0.15, -0.1) is 11.8 Å². The van der Waals surface area contributed by atoms with Crippen molar-refractivity contribution in [3.05, 3.63) is 52.3 Å². The van der Waals surface area contributed by atoms with E-state index in [0.717, 1.165) is 4.90 Å². The second-order valence-electron chi connectivity index (χ2n) is 4.15. The van der Waals surface area contributed by atoms with E-state index in [4.69, 9.17) is 28.9 Å². The zero-order valence-corrected chi connectivity index (χ0v) is 13.0. The Morgan fingerprint density at radius 2 is 2.00 bits per heavy atom. The second kappa shape index (κ2) is 7.02. The van der Waals surface area contributed by atoms with Gasteiger partial charge in [-0.2, -0.15) is 0 Å². The summed E-state index contributed by atoms with van der Waals surface area (Å²) in [5.74, 6) is -0.601. The summed E-state index contributed by atoms with van der Waals surface area (Å²) in [5.41, 5.74) is 6.76. The second-order valence-corrected chi connectivity index (χ2v) is 6.01. The molecule has 3 N–H and O–H groups in total. The fourth-order valence-corrected chi connectivity index (χ4v) is 2.67. The lowest BCUT2D eigenvalue weighted by molar-refractivity contribution is -0.113. The smallest absolute Gasteiger partial charge is 0.234 e. The van der Waals surface area contributed by atoms with Gasteiger partial charge in [0, 0.05) is 21.3 Å². The van der Waals surface area contributed by atoms with Crippen LogP contribution in [0.3, 0.4) is 0 Å². The van der Waals surface area contributed by atoms with Gasteiger partial charge in [0.05, 0.1) is 10.8 Å². The summed E-state index contributed by atoms with van der Waals surface area (Å²) in [7, 11) is 0. The van der Waals surface area contributed by atoms with E-state index in [-0.39, 0.29) is 16.7 Å². The highest BCUT2D eigenvalue weighted by molar-refractivity contribution is 8.00.